The molecule has 2 saturated carbocycles. The van der Waals surface area contributed by atoms with E-state index in [-0.39, 0.29) is 0 Å². The van der Waals surface area contributed by atoms with Crippen LogP contribution in [0.3, 0.4) is 0 Å². The lowest BCUT2D eigenvalue weighted by Crippen LogP contribution is -2.20. The predicted octanol–water partition coefficient (Wildman–Crippen LogP) is 3.63. The highest BCUT2D eigenvalue weighted by Gasteiger charge is 2.56. The monoisotopic (exact) mass is 290 g/mol. The van der Waals surface area contributed by atoms with Gasteiger partial charge in [-0.3, -0.25) is 0 Å². The van der Waals surface area contributed by atoms with E-state index < -0.39 is 0 Å². The third-order valence-electron chi connectivity index (χ3n) is 5.09. The predicted molar refractivity (Wildman–Crippen MR) is 84.7 cm³/mol. The number of para-hydroxylation sites is 1. The minimum Gasteiger partial charge on any atom is -0.323 e. The van der Waals surface area contributed by atoms with Crippen LogP contribution in [0.1, 0.15) is 25.7 Å². The normalized spacial score (nSPS) is 19.3. The number of nitrogens with zero attached hydrogens (tertiary/aromatic N) is 4. The fourth-order valence-corrected chi connectivity index (χ4v) is 3.69. The van der Waals surface area contributed by atoms with Crippen LogP contribution in [0.5, 0.6) is 0 Å². The zero-order valence-electron chi connectivity index (χ0n) is 12.4. The van der Waals surface area contributed by atoms with Gasteiger partial charge in [0.25, 0.3) is 0 Å². The Morgan fingerprint density at radius 2 is 1.82 bits per heavy atom. The molecule has 4 heteroatoms. The summed E-state index contributed by atoms with van der Waals surface area (Å²) in [5.41, 5.74) is 2.49. The maximum atomic E-state index is 4.66. The summed E-state index contributed by atoms with van der Waals surface area (Å²) >= 11 is 0. The Labute approximate surface area is 129 Å². The number of imidazole rings is 1. The van der Waals surface area contributed by atoms with Gasteiger partial charge < -0.3 is 4.57 Å². The lowest BCUT2D eigenvalue weighted by Gasteiger charge is -2.19. The quantitative estimate of drug-likeness (QED) is 0.735. The van der Waals surface area contributed by atoms with Gasteiger partial charge in [-0.05, 0) is 49.8 Å². The van der Waals surface area contributed by atoms with Gasteiger partial charge in [-0.2, -0.15) is 5.10 Å². The molecule has 2 fully saturated rings. The summed E-state index contributed by atoms with van der Waals surface area (Å²) in [4.78, 5) is 4.66. The Morgan fingerprint density at radius 1 is 1.00 bits per heavy atom. The molecule has 110 valence electrons. The van der Waals surface area contributed by atoms with Crippen molar-refractivity contribution in [1.29, 1.82) is 0 Å². The van der Waals surface area contributed by atoms with Crippen molar-refractivity contribution < 1.29 is 0 Å². The SMILES string of the molecule is c1ccc(-n2nccc2-c2nccn2C2(C3CC3)CC2)cc1. The number of hydrogen-bond acceptors (Lipinski definition) is 2. The van der Waals surface area contributed by atoms with E-state index in [0.717, 1.165) is 23.1 Å². The van der Waals surface area contributed by atoms with Crippen molar-refractivity contribution in [2.75, 3.05) is 0 Å². The second-order valence-electron chi connectivity index (χ2n) is 6.46. The van der Waals surface area contributed by atoms with Crippen molar-refractivity contribution in [1.82, 2.24) is 19.3 Å². The first-order valence-electron chi connectivity index (χ1n) is 8.02. The van der Waals surface area contributed by atoms with Crippen molar-refractivity contribution in [3.63, 3.8) is 0 Å². The molecular formula is C18H18N4. The summed E-state index contributed by atoms with van der Waals surface area (Å²) in [5, 5.41) is 4.51. The fraction of sp³-hybridized carbons (Fsp3) is 0.333. The van der Waals surface area contributed by atoms with Crippen molar-refractivity contribution in [2.45, 2.75) is 31.2 Å². The Morgan fingerprint density at radius 3 is 2.55 bits per heavy atom. The van der Waals surface area contributed by atoms with Crippen LogP contribution in [0, 0.1) is 5.92 Å². The van der Waals surface area contributed by atoms with Gasteiger partial charge in [0.15, 0.2) is 5.82 Å². The Hall–Kier alpha value is -2.36. The van der Waals surface area contributed by atoms with E-state index in [9.17, 15) is 0 Å². The molecule has 3 aromatic rings. The van der Waals surface area contributed by atoms with Crippen LogP contribution in [-0.4, -0.2) is 19.3 Å². The van der Waals surface area contributed by atoms with Crippen LogP contribution in [-0.2, 0) is 5.54 Å². The molecule has 2 aromatic heterocycles. The lowest BCUT2D eigenvalue weighted by atomic mass is 10.1. The Bertz CT molecular complexity index is 806. The number of hydrogen-bond donors (Lipinski definition) is 0. The minimum atomic E-state index is 0.345. The molecule has 2 aliphatic carbocycles. The van der Waals surface area contributed by atoms with Gasteiger partial charge in [0, 0.05) is 17.9 Å². The molecule has 0 N–H and O–H groups in total. The second kappa shape index (κ2) is 4.32. The molecule has 0 bridgehead atoms. The van der Waals surface area contributed by atoms with E-state index in [1.165, 1.54) is 25.7 Å². The summed E-state index contributed by atoms with van der Waals surface area (Å²) in [7, 11) is 0. The molecule has 0 atom stereocenters. The van der Waals surface area contributed by atoms with Crippen LogP contribution < -0.4 is 0 Å². The highest BCUT2D eigenvalue weighted by atomic mass is 15.3. The van der Waals surface area contributed by atoms with Gasteiger partial charge >= 0.3 is 0 Å². The zero-order valence-corrected chi connectivity index (χ0v) is 12.4. The first-order valence-corrected chi connectivity index (χ1v) is 8.02. The van der Waals surface area contributed by atoms with Gasteiger partial charge in [0.05, 0.1) is 11.9 Å². The summed E-state index contributed by atoms with van der Waals surface area (Å²) < 4.78 is 4.41. The van der Waals surface area contributed by atoms with Crippen LogP contribution in [0.15, 0.2) is 55.0 Å². The molecule has 4 nitrogen and oxygen atoms in total. The first-order chi connectivity index (χ1) is 10.9. The molecule has 0 unspecified atom stereocenters. The third kappa shape index (κ3) is 1.70. The molecule has 2 aliphatic rings. The summed E-state index contributed by atoms with van der Waals surface area (Å²) in [6.45, 7) is 0. The largest absolute Gasteiger partial charge is 0.323 e. The second-order valence-corrected chi connectivity index (χ2v) is 6.46. The van der Waals surface area contributed by atoms with E-state index in [1.54, 1.807) is 0 Å². The molecule has 22 heavy (non-hydrogen) atoms. The summed E-state index contributed by atoms with van der Waals surface area (Å²) in [5.74, 6) is 1.90. The zero-order chi connectivity index (χ0) is 14.6. The molecule has 0 saturated heterocycles. The maximum absolute atomic E-state index is 4.66. The van der Waals surface area contributed by atoms with Gasteiger partial charge in [-0.25, -0.2) is 9.67 Å². The molecule has 0 amide bonds. The molecule has 0 radical (unpaired) electrons. The van der Waals surface area contributed by atoms with Gasteiger partial charge in [0.2, 0.25) is 0 Å². The molecule has 1 aromatic carbocycles. The van der Waals surface area contributed by atoms with Gasteiger partial charge in [-0.15, -0.1) is 0 Å². The van der Waals surface area contributed by atoms with E-state index in [1.807, 2.05) is 35.3 Å². The smallest absolute Gasteiger partial charge is 0.159 e. The van der Waals surface area contributed by atoms with Crippen LogP contribution in [0.25, 0.3) is 17.2 Å². The van der Waals surface area contributed by atoms with Crippen molar-refractivity contribution in [3.8, 4) is 17.2 Å². The molecule has 0 spiro atoms. The highest BCUT2D eigenvalue weighted by molar-refractivity contribution is 5.55. The molecule has 5 rings (SSSR count). The number of rotatable bonds is 4. The molecule has 0 aliphatic heterocycles. The molecular weight excluding hydrogens is 272 g/mol. The average Bonchev–Trinajstić information content (AvgIpc) is 3.46. The van der Waals surface area contributed by atoms with Crippen LogP contribution >= 0.6 is 0 Å². The Kier molecular flexibility index (Phi) is 2.40. The van der Waals surface area contributed by atoms with E-state index in [2.05, 4.69) is 39.0 Å². The summed E-state index contributed by atoms with van der Waals surface area (Å²) in [6.07, 6.45) is 11.3. The topological polar surface area (TPSA) is 35.6 Å². The van der Waals surface area contributed by atoms with Gasteiger partial charge in [0.1, 0.15) is 5.69 Å². The highest BCUT2D eigenvalue weighted by Crippen LogP contribution is 2.60. The lowest BCUT2D eigenvalue weighted by molar-refractivity contribution is 0.424. The van der Waals surface area contributed by atoms with Crippen LogP contribution in [0.2, 0.25) is 0 Å². The maximum Gasteiger partial charge on any atom is 0.159 e. The van der Waals surface area contributed by atoms with Crippen LogP contribution in [0.4, 0.5) is 0 Å². The number of aromatic nitrogens is 4. The number of benzene rings is 1. The van der Waals surface area contributed by atoms with Crippen molar-refractivity contribution in [2.24, 2.45) is 5.92 Å². The van der Waals surface area contributed by atoms with Gasteiger partial charge in [-0.1, -0.05) is 18.2 Å². The molecule has 2 heterocycles. The fourth-order valence-electron chi connectivity index (χ4n) is 3.69. The average molecular weight is 290 g/mol. The van der Waals surface area contributed by atoms with E-state index in [4.69, 9.17) is 0 Å². The van der Waals surface area contributed by atoms with Crippen molar-refractivity contribution >= 4 is 0 Å². The minimum absolute atomic E-state index is 0.345. The standard InChI is InChI=1S/C18H18N4/c1-2-4-15(5-3-1)22-16(8-11-20-22)17-19-12-13-21(17)18(9-10-18)14-6-7-14/h1-5,8,11-14H,6-7,9-10H2. The van der Waals surface area contributed by atoms with Crippen molar-refractivity contribution in [3.05, 3.63) is 55.0 Å². The van der Waals surface area contributed by atoms with E-state index in [0.29, 0.717) is 5.54 Å². The Balaban J connectivity index is 1.63. The first kappa shape index (κ1) is 12.2. The van der Waals surface area contributed by atoms with E-state index >= 15 is 0 Å². The summed E-state index contributed by atoms with van der Waals surface area (Å²) in [6, 6.07) is 12.3. The third-order valence-corrected chi connectivity index (χ3v) is 5.09.